The zero-order valence-electron chi connectivity index (χ0n) is 34.8. The monoisotopic (exact) mass is 837 g/mol. The van der Waals surface area contributed by atoms with E-state index in [-0.39, 0.29) is 53.3 Å². The number of aromatic nitrogens is 3. The molecule has 4 amide bonds. The van der Waals surface area contributed by atoms with Gasteiger partial charge >= 0.3 is 6.01 Å². The fraction of sp³-hybridized carbons (Fsp3) is 0.383. The van der Waals surface area contributed by atoms with Gasteiger partial charge in [-0.05, 0) is 48.4 Å². The van der Waals surface area contributed by atoms with Crippen LogP contribution in [0.25, 0.3) is 32.9 Å². The van der Waals surface area contributed by atoms with Crippen molar-refractivity contribution in [3.8, 4) is 29.6 Å². The van der Waals surface area contributed by atoms with Crippen LogP contribution in [0, 0.1) is 18.2 Å². The van der Waals surface area contributed by atoms with Gasteiger partial charge in [0, 0.05) is 93.6 Å². The van der Waals surface area contributed by atoms with Gasteiger partial charge in [-0.25, -0.2) is 4.39 Å². The molecule has 5 aromatic rings. The molecule has 0 bridgehead atoms. The molecule has 62 heavy (non-hydrogen) atoms. The molecule has 0 spiro atoms. The van der Waals surface area contributed by atoms with Crippen molar-refractivity contribution in [1.29, 1.82) is 0 Å². The van der Waals surface area contributed by atoms with E-state index in [9.17, 15) is 19.2 Å². The minimum atomic E-state index is -1.000. The maximum absolute atomic E-state index is 17.0. The molecule has 0 aliphatic carbocycles. The molecule has 4 aliphatic rings. The molecule has 2 N–H and O–H groups in total. The number of carbonyl (C=O) groups excluding carboxylic acids is 4. The number of amides is 4. The van der Waals surface area contributed by atoms with E-state index in [0.717, 1.165) is 60.3 Å². The Bertz CT molecular complexity index is 2640. The molecule has 15 heteroatoms. The number of pyridine rings is 1. The van der Waals surface area contributed by atoms with Gasteiger partial charge in [-0.1, -0.05) is 56.2 Å². The topological polar surface area (TPSA) is 153 Å². The Labute approximate surface area is 358 Å². The fourth-order valence-corrected chi connectivity index (χ4v) is 9.20. The van der Waals surface area contributed by atoms with Crippen molar-refractivity contribution in [3.63, 3.8) is 0 Å². The lowest BCUT2D eigenvalue weighted by Crippen LogP contribution is -2.56. The van der Waals surface area contributed by atoms with E-state index in [1.54, 1.807) is 18.3 Å². The molecular weight excluding hydrogens is 790 g/mol. The number of anilines is 1. The summed E-state index contributed by atoms with van der Waals surface area (Å²) in [5.74, 6) is 0.716. The SMILES string of the molecule is C#Cc1cccc2cccc(-c3ncc4c(N5CC(CC)NC(CC)C5)nc(OCCN5CCN(Cc6ccc7c(c6)C(=O)N(C6CCC(=O)NC6=O)C7=O)CC5)nc4c3F)c12. The van der Waals surface area contributed by atoms with Crippen molar-refractivity contribution in [2.24, 2.45) is 0 Å². The Kier molecular flexibility index (Phi) is 11.4. The van der Waals surface area contributed by atoms with Crippen LogP contribution in [0.3, 0.4) is 0 Å². The summed E-state index contributed by atoms with van der Waals surface area (Å²) in [6, 6.07) is 16.2. The van der Waals surface area contributed by atoms with Crippen molar-refractivity contribution in [3.05, 3.63) is 88.9 Å². The van der Waals surface area contributed by atoms with Crippen LogP contribution in [0.2, 0.25) is 0 Å². The van der Waals surface area contributed by atoms with Crippen LogP contribution in [0.15, 0.2) is 60.8 Å². The molecule has 3 aromatic carbocycles. The summed E-state index contributed by atoms with van der Waals surface area (Å²) in [5.41, 5.74) is 2.97. The van der Waals surface area contributed by atoms with Gasteiger partial charge in [0.2, 0.25) is 11.8 Å². The molecule has 2 aromatic heterocycles. The average molecular weight is 838 g/mol. The summed E-state index contributed by atoms with van der Waals surface area (Å²) >= 11 is 0. The molecule has 14 nitrogen and oxygen atoms in total. The van der Waals surface area contributed by atoms with E-state index >= 15 is 4.39 Å². The molecule has 3 fully saturated rings. The van der Waals surface area contributed by atoms with Crippen molar-refractivity contribution < 1.29 is 28.3 Å². The summed E-state index contributed by atoms with van der Waals surface area (Å²) in [6.07, 6.45) is 9.62. The summed E-state index contributed by atoms with van der Waals surface area (Å²) in [7, 11) is 0. The van der Waals surface area contributed by atoms with Crippen molar-refractivity contribution in [2.75, 3.05) is 57.3 Å². The third-order valence-corrected chi connectivity index (χ3v) is 12.6. The van der Waals surface area contributed by atoms with Crippen LogP contribution in [-0.2, 0) is 16.1 Å². The molecule has 0 radical (unpaired) electrons. The van der Waals surface area contributed by atoms with Crippen LogP contribution in [0.5, 0.6) is 6.01 Å². The molecule has 6 heterocycles. The van der Waals surface area contributed by atoms with E-state index in [2.05, 4.69) is 45.1 Å². The third-order valence-electron chi connectivity index (χ3n) is 12.6. The van der Waals surface area contributed by atoms with E-state index in [1.165, 1.54) is 0 Å². The van der Waals surface area contributed by atoms with Crippen molar-refractivity contribution in [2.45, 2.75) is 64.2 Å². The highest BCUT2D eigenvalue weighted by Gasteiger charge is 2.44. The molecule has 3 atom stereocenters. The second-order valence-corrected chi connectivity index (χ2v) is 16.4. The second kappa shape index (κ2) is 17.2. The number of piperidine rings is 1. The first-order valence-corrected chi connectivity index (χ1v) is 21.4. The summed E-state index contributed by atoms with van der Waals surface area (Å²) in [4.78, 5) is 72.7. The molecule has 3 saturated heterocycles. The number of hydrogen-bond acceptors (Lipinski definition) is 12. The second-order valence-electron chi connectivity index (χ2n) is 16.4. The van der Waals surface area contributed by atoms with Gasteiger partial charge in [0.05, 0.1) is 16.5 Å². The van der Waals surface area contributed by atoms with Gasteiger partial charge in [-0.3, -0.25) is 44.2 Å². The average Bonchev–Trinajstić information content (AvgIpc) is 3.53. The first kappa shape index (κ1) is 41.0. The summed E-state index contributed by atoms with van der Waals surface area (Å²) in [5, 5.41) is 8.12. The Hall–Kier alpha value is -6.34. The number of benzene rings is 3. The Balaban J connectivity index is 0.894. The number of rotatable bonds is 11. The number of terminal acetylenes is 1. The molecular formula is C47H48FN9O5. The number of hydrogen-bond donors (Lipinski definition) is 2. The maximum Gasteiger partial charge on any atom is 0.319 e. The van der Waals surface area contributed by atoms with Crippen LogP contribution in [0.4, 0.5) is 10.2 Å². The number of halogens is 1. The lowest BCUT2D eigenvalue weighted by molar-refractivity contribution is -0.136. The van der Waals surface area contributed by atoms with E-state index in [1.807, 2.05) is 42.5 Å². The quantitative estimate of drug-likeness (QED) is 0.142. The predicted molar refractivity (Wildman–Crippen MR) is 232 cm³/mol. The predicted octanol–water partition coefficient (Wildman–Crippen LogP) is 4.53. The van der Waals surface area contributed by atoms with Crippen LogP contribution < -0.4 is 20.3 Å². The largest absolute Gasteiger partial charge is 0.462 e. The van der Waals surface area contributed by atoms with Crippen LogP contribution in [0.1, 0.15) is 71.4 Å². The zero-order chi connectivity index (χ0) is 43.1. The van der Waals surface area contributed by atoms with Crippen molar-refractivity contribution in [1.82, 2.24) is 40.3 Å². The standard InChI is InChI=1S/C47H48FN9O5/c1-4-29-9-7-10-30-11-8-12-34(39(29)30)41-40(48)42-36(24-49-41)43(56-26-31(5-2)50-32(6-3)27-56)53-47(52-42)62-22-21-54-17-19-55(20-18-54)25-28-13-14-33-35(23-28)46(61)57(45(33)60)37-15-16-38(58)51-44(37)59/h1,7-14,23-24,31-32,37,50H,5-6,15-22,25-27H2,2-3H3,(H,51,58,59). The molecule has 3 unspecified atom stereocenters. The minimum absolute atomic E-state index is 0.0716. The molecule has 0 saturated carbocycles. The fourth-order valence-electron chi connectivity index (χ4n) is 9.20. The van der Waals surface area contributed by atoms with Crippen LogP contribution >= 0.6 is 0 Å². The van der Waals surface area contributed by atoms with Gasteiger partial charge in [-0.15, -0.1) is 6.42 Å². The highest BCUT2D eigenvalue weighted by molar-refractivity contribution is 6.23. The number of nitrogens with one attached hydrogen (secondary N) is 2. The normalized spacial score (nSPS) is 21.1. The Morgan fingerprint density at radius 1 is 0.887 bits per heavy atom. The molecule has 318 valence electrons. The van der Waals surface area contributed by atoms with E-state index < -0.39 is 35.5 Å². The lowest BCUT2D eigenvalue weighted by Gasteiger charge is -2.39. The van der Waals surface area contributed by atoms with Gasteiger partial charge in [0.15, 0.2) is 5.82 Å². The van der Waals surface area contributed by atoms with Gasteiger partial charge in [-0.2, -0.15) is 9.97 Å². The lowest BCUT2D eigenvalue weighted by atomic mass is 9.96. The number of fused-ring (bicyclic) bond motifs is 3. The highest BCUT2D eigenvalue weighted by atomic mass is 19.1. The number of carbonyl (C=O) groups is 4. The highest BCUT2D eigenvalue weighted by Crippen LogP contribution is 2.37. The smallest absolute Gasteiger partial charge is 0.319 e. The first-order chi connectivity index (χ1) is 30.1. The molecule has 4 aliphatic heterocycles. The zero-order valence-corrected chi connectivity index (χ0v) is 34.8. The molecule has 9 rings (SSSR count). The number of piperazine rings is 2. The number of imide groups is 2. The Morgan fingerprint density at radius 3 is 2.34 bits per heavy atom. The summed E-state index contributed by atoms with van der Waals surface area (Å²) in [6.45, 7) is 10.2. The Morgan fingerprint density at radius 2 is 1.61 bits per heavy atom. The van der Waals surface area contributed by atoms with Gasteiger partial charge < -0.3 is 15.0 Å². The summed E-state index contributed by atoms with van der Waals surface area (Å²) < 4.78 is 23.3. The number of nitrogens with zero attached hydrogens (tertiary/aromatic N) is 7. The third kappa shape index (κ3) is 7.74. The first-order valence-electron chi connectivity index (χ1n) is 21.4. The van der Waals surface area contributed by atoms with E-state index in [4.69, 9.17) is 26.1 Å². The van der Waals surface area contributed by atoms with Crippen molar-refractivity contribution >= 4 is 51.1 Å². The number of ether oxygens (including phenoxy) is 1. The minimum Gasteiger partial charge on any atom is -0.462 e. The van der Waals surface area contributed by atoms with E-state index in [0.29, 0.717) is 55.1 Å². The maximum atomic E-state index is 17.0. The van der Waals surface area contributed by atoms with Gasteiger partial charge in [0.25, 0.3) is 11.8 Å². The van der Waals surface area contributed by atoms with Crippen LogP contribution in [-0.4, -0.2) is 124 Å². The van der Waals surface area contributed by atoms with Gasteiger partial charge in [0.1, 0.15) is 29.7 Å².